The molecule has 0 saturated heterocycles. The summed E-state index contributed by atoms with van der Waals surface area (Å²) in [6, 6.07) is 9.60. The molecule has 0 bridgehead atoms. The van der Waals surface area contributed by atoms with Gasteiger partial charge in [0.05, 0.1) is 16.9 Å². The first-order valence-corrected chi connectivity index (χ1v) is 11.7. The van der Waals surface area contributed by atoms with E-state index < -0.39 is 0 Å². The topological polar surface area (TPSA) is 67.1 Å². The van der Waals surface area contributed by atoms with Gasteiger partial charge in [-0.15, -0.1) is 0 Å². The van der Waals surface area contributed by atoms with Crippen molar-refractivity contribution < 1.29 is 0 Å². The zero-order valence-corrected chi connectivity index (χ0v) is 17.5. The van der Waals surface area contributed by atoms with Crippen LogP contribution in [0.15, 0.2) is 30.5 Å². The van der Waals surface area contributed by atoms with Crippen LogP contribution in [0.5, 0.6) is 0 Å². The van der Waals surface area contributed by atoms with Crippen molar-refractivity contribution in [3.05, 3.63) is 36.2 Å². The van der Waals surface area contributed by atoms with Gasteiger partial charge in [-0.05, 0) is 56.7 Å². The molecule has 0 radical (unpaired) electrons. The summed E-state index contributed by atoms with van der Waals surface area (Å²) in [6.45, 7) is 0. The number of nitrogens with one attached hydrogen (secondary N) is 2. The molecular formula is C24H30N6. The highest BCUT2D eigenvalue weighted by molar-refractivity contribution is 5.82. The molecule has 0 aliphatic heterocycles. The van der Waals surface area contributed by atoms with Gasteiger partial charge < -0.3 is 10.6 Å². The molecule has 3 fully saturated rings. The number of hydrogen-bond acceptors (Lipinski definition) is 5. The average Bonchev–Trinajstić information content (AvgIpc) is 3.14. The van der Waals surface area contributed by atoms with E-state index in [1.54, 1.807) is 0 Å². The lowest BCUT2D eigenvalue weighted by atomic mass is 10.1. The van der Waals surface area contributed by atoms with E-state index in [0.29, 0.717) is 18.0 Å². The van der Waals surface area contributed by atoms with Gasteiger partial charge >= 0.3 is 0 Å². The SMILES string of the molecule is c1cc(NC2CCCC2)n2nc(C3CC3)c(-c3ccnc(NC4CCCC4)n3)c2c1. The van der Waals surface area contributed by atoms with E-state index in [0.717, 1.165) is 23.0 Å². The average molecular weight is 403 g/mol. The largest absolute Gasteiger partial charge is 0.367 e. The second-order valence-corrected chi connectivity index (χ2v) is 9.26. The van der Waals surface area contributed by atoms with Gasteiger partial charge in [0.15, 0.2) is 0 Å². The number of rotatable bonds is 6. The highest BCUT2D eigenvalue weighted by Gasteiger charge is 2.32. The minimum absolute atomic E-state index is 0.509. The maximum absolute atomic E-state index is 5.10. The Kier molecular flexibility index (Phi) is 4.58. The van der Waals surface area contributed by atoms with E-state index in [1.165, 1.54) is 75.5 Å². The Morgan fingerprint density at radius 2 is 1.57 bits per heavy atom. The summed E-state index contributed by atoms with van der Waals surface area (Å²) in [6.07, 6.45) is 14.5. The Morgan fingerprint density at radius 1 is 0.833 bits per heavy atom. The highest BCUT2D eigenvalue weighted by Crippen LogP contribution is 2.45. The number of anilines is 2. The Hall–Kier alpha value is -2.63. The third kappa shape index (κ3) is 3.42. The molecular weight excluding hydrogens is 372 g/mol. The minimum Gasteiger partial charge on any atom is -0.367 e. The zero-order valence-electron chi connectivity index (χ0n) is 17.5. The van der Waals surface area contributed by atoms with Crippen molar-refractivity contribution in [1.29, 1.82) is 0 Å². The fraction of sp³-hybridized carbons (Fsp3) is 0.542. The van der Waals surface area contributed by atoms with E-state index in [2.05, 4.69) is 38.3 Å². The molecule has 3 aromatic heterocycles. The van der Waals surface area contributed by atoms with Crippen LogP contribution in [0.1, 0.15) is 75.8 Å². The molecule has 3 saturated carbocycles. The maximum Gasteiger partial charge on any atom is 0.223 e. The van der Waals surface area contributed by atoms with E-state index in [4.69, 9.17) is 10.1 Å². The third-order valence-corrected chi connectivity index (χ3v) is 6.96. The summed E-state index contributed by atoms with van der Waals surface area (Å²) >= 11 is 0. The van der Waals surface area contributed by atoms with Crippen LogP contribution in [0.4, 0.5) is 11.8 Å². The normalized spacial score (nSPS) is 20.3. The number of aromatic nitrogens is 4. The first-order chi connectivity index (χ1) is 14.8. The van der Waals surface area contributed by atoms with Crippen LogP contribution in [0.3, 0.4) is 0 Å². The van der Waals surface area contributed by atoms with Crippen molar-refractivity contribution in [2.24, 2.45) is 0 Å². The van der Waals surface area contributed by atoms with E-state index in [-0.39, 0.29) is 0 Å². The molecule has 0 amide bonds. The molecule has 6 rings (SSSR count). The lowest BCUT2D eigenvalue weighted by molar-refractivity contribution is 0.740. The van der Waals surface area contributed by atoms with Crippen LogP contribution in [-0.4, -0.2) is 31.7 Å². The molecule has 30 heavy (non-hydrogen) atoms. The molecule has 0 atom stereocenters. The Morgan fingerprint density at radius 3 is 2.30 bits per heavy atom. The standard InChI is InChI=1S/C24H30N6/c1-2-7-17(6-1)26-21-11-5-10-20-22(23(16-12-13-16)29-30(20)21)19-14-15-25-24(28-19)27-18-8-3-4-9-18/h5,10-11,14-18,26H,1-4,6-9,12-13H2,(H,25,27,28). The summed E-state index contributed by atoms with van der Waals surface area (Å²) < 4.78 is 2.12. The lowest BCUT2D eigenvalue weighted by Crippen LogP contribution is -2.17. The van der Waals surface area contributed by atoms with Gasteiger partial charge in [-0.3, -0.25) is 0 Å². The lowest BCUT2D eigenvalue weighted by Gasteiger charge is -2.14. The Bertz CT molecular complexity index is 1040. The van der Waals surface area contributed by atoms with Crippen LogP contribution in [0, 0.1) is 0 Å². The van der Waals surface area contributed by atoms with Crippen molar-refractivity contribution in [1.82, 2.24) is 19.6 Å². The number of pyridine rings is 1. The maximum atomic E-state index is 5.10. The van der Waals surface area contributed by atoms with Crippen molar-refractivity contribution >= 4 is 17.3 Å². The van der Waals surface area contributed by atoms with E-state index >= 15 is 0 Å². The van der Waals surface area contributed by atoms with Crippen molar-refractivity contribution in [2.45, 2.75) is 82.2 Å². The van der Waals surface area contributed by atoms with Crippen LogP contribution in [0.2, 0.25) is 0 Å². The predicted octanol–water partition coefficient (Wildman–Crippen LogP) is 5.38. The van der Waals surface area contributed by atoms with Gasteiger partial charge in [-0.2, -0.15) is 5.10 Å². The van der Waals surface area contributed by atoms with Crippen LogP contribution in [0.25, 0.3) is 16.8 Å². The summed E-state index contributed by atoms with van der Waals surface area (Å²) in [5, 5.41) is 12.4. The summed E-state index contributed by atoms with van der Waals surface area (Å²) in [7, 11) is 0. The molecule has 6 heteroatoms. The van der Waals surface area contributed by atoms with Gasteiger partial charge in [0, 0.05) is 29.8 Å². The fourth-order valence-corrected chi connectivity index (χ4v) is 5.20. The monoisotopic (exact) mass is 402 g/mol. The van der Waals surface area contributed by atoms with Crippen LogP contribution < -0.4 is 10.6 Å². The summed E-state index contributed by atoms with van der Waals surface area (Å²) in [4.78, 5) is 9.44. The van der Waals surface area contributed by atoms with Gasteiger partial charge in [0.1, 0.15) is 5.82 Å². The molecule has 2 N–H and O–H groups in total. The summed E-state index contributed by atoms with van der Waals surface area (Å²) in [5.41, 5.74) is 4.51. The second-order valence-electron chi connectivity index (χ2n) is 9.26. The van der Waals surface area contributed by atoms with Crippen LogP contribution >= 0.6 is 0 Å². The fourth-order valence-electron chi connectivity index (χ4n) is 5.20. The Balaban J connectivity index is 1.40. The molecule has 3 heterocycles. The van der Waals surface area contributed by atoms with Crippen molar-refractivity contribution in [3.8, 4) is 11.3 Å². The quantitative estimate of drug-likeness (QED) is 0.580. The van der Waals surface area contributed by atoms with E-state index in [1.807, 2.05) is 12.3 Å². The predicted molar refractivity (Wildman–Crippen MR) is 120 cm³/mol. The third-order valence-electron chi connectivity index (χ3n) is 6.96. The minimum atomic E-state index is 0.509. The molecule has 156 valence electrons. The molecule has 6 nitrogen and oxygen atoms in total. The zero-order chi connectivity index (χ0) is 19.9. The molecule has 3 aliphatic rings. The van der Waals surface area contributed by atoms with Gasteiger partial charge in [-0.1, -0.05) is 31.7 Å². The highest BCUT2D eigenvalue weighted by atomic mass is 15.3. The first kappa shape index (κ1) is 18.2. The van der Waals surface area contributed by atoms with Gasteiger partial charge in [0.2, 0.25) is 5.95 Å². The van der Waals surface area contributed by atoms with Crippen molar-refractivity contribution in [2.75, 3.05) is 10.6 Å². The number of nitrogens with zero attached hydrogens (tertiary/aromatic N) is 4. The number of hydrogen-bond donors (Lipinski definition) is 2. The molecule has 0 spiro atoms. The number of fused-ring (bicyclic) bond motifs is 1. The van der Waals surface area contributed by atoms with Gasteiger partial charge in [-0.25, -0.2) is 14.5 Å². The molecule has 0 aromatic carbocycles. The second kappa shape index (κ2) is 7.56. The van der Waals surface area contributed by atoms with Crippen molar-refractivity contribution in [3.63, 3.8) is 0 Å². The van der Waals surface area contributed by atoms with Crippen LogP contribution in [-0.2, 0) is 0 Å². The molecule has 3 aromatic rings. The Labute approximate surface area is 177 Å². The summed E-state index contributed by atoms with van der Waals surface area (Å²) in [5.74, 6) is 2.41. The molecule has 0 unspecified atom stereocenters. The first-order valence-electron chi connectivity index (χ1n) is 11.7. The van der Waals surface area contributed by atoms with E-state index in [9.17, 15) is 0 Å². The van der Waals surface area contributed by atoms with Gasteiger partial charge in [0.25, 0.3) is 0 Å². The molecule has 3 aliphatic carbocycles. The smallest absolute Gasteiger partial charge is 0.223 e.